The second-order valence-corrected chi connectivity index (χ2v) is 6.49. The predicted molar refractivity (Wildman–Crippen MR) is 107 cm³/mol. The fraction of sp³-hybridized carbons (Fsp3) is 0.375. The molecule has 2 rings (SSSR count). The highest BCUT2D eigenvalue weighted by atomic mass is 127. The molecule has 0 aliphatic rings. The summed E-state index contributed by atoms with van der Waals surface area (Å²) in [4.78, 5) is 7.69. The smallest absolute Gasteiger partial charge is 0.370 e. The molecule has 138 valence electrons. The second-order valence-electron chi connectivity index (χ2n) is 5.55. The van der Waals surface area contributed by atoms with Gasteiger partial charge in [0.05, 0.1) is 5.01 Å². The molecule has 1 aromatic carbocycles. The third-order valence-corrected chi connectivity index (χ3v) is 4.18. The number of guanidine groups is 1. The number of alkyl halides is 3. The maximum absolute atomic E-state index is 12.5. The van der Waals surface area contributed by atoms with Gasteiger partial charge in [0.25, 0.3) is 0 Å². The molecular weight excluding hydrogens is 464 g/mol. The molecule has 9 heteroatoms. The molecule has 0 aliphatic heterocycles. The average Bonchev–Trinajstić information content (AvgIpc) is 2.96. The number of aliphatic imine (C=N–C) groups is 1. The van der Waals surface area contributed by atoms with E-state index in [2.05, 4.69) is 29.1 Å². The Hall–Kier alpha value is -1.36. The fourth-order valence-corrected chi connectivity index (χ4v) is 2.79. The molecule has 0 fully saturated rings. The van der Waals surface area contributed by atoms with E-state index in [9.17, 15) is 13.2 Å². The van der Waals surface area contributed by atoms with Crippen molar-refractivity contribution in [3.8, 4) is 0 Å². The van der Waals surface area contributed by atoms with E-state index in [1.54, 1.807) is 0 Å². The monoisotopic (exact) mass is 484 g/mol. The van der Waals surface area contributed by atoms with Crippen LogP contribution in [0.25, 0.3) is 0 Å². The number of aromatic nitrogens is 1. The number of halogens is 4. The summed E-state index contributed by atoms with van der Waals surface area (Å²) in [7, 11) is 0. The summed E-state index contributed by atoms with van der Waals surface area (Å²) in [5.41, 5.74) is 6.96. The summed E-state index contributed by atoms with van der Waals surface area (Å²) in [6, 6.07) is 7.83. The highest BCUT2D eigenvalue weighted by Crippen LogP contribution is 2.30. The first-order chi connectivity index (χ1) is 11.3. The molecule has 2 aromatic rings. The Kier molecular flexibility index (Phi) is 8.13. The van der Waals surface area contributed by atoms with E-state index in [0.717, 1.165) is 22.4 Å². The van der Waals surface area contributed by atoms with Gasteiger partial charge in [-0.15, -0.1) is 35.3 Å². The number of nitrogens with two attached hydrogens (primary N) is 1. The van der Waals surface area contributed by atoms with Crippen molar-refractivity contribution < 1.29 is 13.2 Å². The molecule has 0 amide bonds. The summed E-state index contributed by atoms with van der Waals surface area (Å²) in [6.07, 6.45) is -4.09. The SMILES string of the molecule is CC(C)c1cccc(NC(N)=NCCc2nc(C(F)(F)F)cs2)c1.I. The molecule has 1 heterocycles. The zero-order chi connectivity index (χ0) is 17.7. The van der Waals surface area contributed by atoms with Crippen LogP contribution < -0.4 is 11.1 Å². The molecule has 0 atom stereocenters. The quantitative estimate of drug-likeness (QED) is 0.362. The highest BCUT2D eigenvalue weighted by Gasteiger charge is 2.33. The summed E-state index contributed by atoms with van der Waals surface area (Å²) in [5.74, 6) is 0.626. The molecule has 4 nitrogen and oxygen atoms in total. The minimum absolute atomic E-state index is 0. The Morgan fingerprint density at radius 3 is 2.68 bits per heavy atom. The van der Waals surface area contributed by atoms with E-state index in [1.807, 2.05) is 24.3 Å². The second kappa shape index (κ2) is 9.37. The van der Waals surface area contributed by atoms with Crippen molar-refractivity contribution in [3.63, 3.8) is 0 Å². The molecule has 0 saturated carbocycles. The van der Waals surface area contributed by atoms with Gasteiger partial charge in [0.1, 0.15) is 0 Å². The molecule has 0 radical (unpaired) electrons. The maximum Gasteiger partial charge on any atom is 0.434 e. The molecule has 0 unspecified atom stereocenters. The zero-order valence-electron chi connectivity index (χ0n) is 13.8. The number of anilines is 1. The van der Waals surface area contributed by atoms with Crippen molar-refractivity contribution >= 4 is 47.0 Å². The fourth-order valence-electron chi connectivity index (χ4n) is 1.99. The Morgan fingerprint density at radius 2 is 2.08 bits per heavy atom. The van der Waals surface area contributed by atoms with E-state index < -0.39 is 11.9 Å². The standard InChI is InChI=1S/C16H19F3N4S.HI/c1-10(2)11-4-3-5-12(8-11)22-15(20)21-7-6-14-23-13(9-24-14)16(17,18)19;/h3-5,8-10H,6-7H2,1-2H3,(H3,20,21,22);1H. The average molecular weight is 484 g/mol. The van der Waals surface area contributed by atoms with Crippen LogP contribution in [0.3, 0.4) is 0 Å². The lowest BCUT2D eigenvalue weighted by molar-refractivity contribution is -0.140. The van der Waals surface area contributed by atoms with Gasteiger partial charge >= 0.3 is 6.18 Å². The van der Waals surface area contributed by atoms with Gasteiger partial charge in [0, 0.05) is 24.0 Å². The van der Waals surface area contributed by atoms with Crippen LogP contribution in [0.1, 0.15) is 36.0 Å². The van der Waals surface area contributed by atoms with Crippen molar-refractivity contribution in [2.45, 2.75) is 32.4 Å². The molecule has 0 spiro atoms. The number of rotatable bonds is 5. The lowest BCUT2D eigenvalue weighted by atomic mass is 10.0. The molecular formula is C16H20F3IN4S. The third-order valence-electron chi connectivity index (χ3n) is 3.28. The molecule has 25 heavy (non-hydrogen) atoms. The minimum atomic E-state index is -4.40. The Labute approximate surface area is 165 Å². The van der Waals surface area contributed by atoms with E-state index in [0.29, 0.717) is 17.3 Å². The van der Waals surface area contributed by atoms with Crippen molar-refractivity contribution in [1.29, 1.82) is 0 Å². The largest absolute Gasteiger partial charge is 0.434 e. The van der Waals surface area contributed by atoms with Gasteiger partial charge in [-0.2, -0.15) is 13.2 Å². The van der Waals surface area contributed by atoms with Crippen LogP contribution in [-0.4, -0.2) is 17.5 Å². The zero-order valence-corrected chi connectivity index (χ0v) is 16.9. The van der Waals surface area contributed by atoms with Crippen molar-refractivity contribution in [1.82, 2.24) is 4.98 Å². The first kappa shape index (κ1) is 21.7. The number of nitrogens with zero attached hydrogens (tertiary/aromatic N) is 2. The van der Waals surface area contributed by atoms with E-state index in [1.165, 1.54) is 5.56 Å². The number of hydrogen-bond donors (Lipinski definition) is 2. The summed E-state index contributed by atoms with van der Waals surface area (Å²) >= 11 is 0.976. The topological polar surface area (TPSA) is 63.3 Å². The number of nitrogens with one attached hydrogen (secondary N) is 1. The minimum Gasteiger partial charge on any atom is -0.370 e. The lowest BCUT2D eigenvalue weighted by Crippen LogP contribution is -2.23. The molecule has 0 saturated heterocycles. The molecule has 1 aromatic heterocycles. The summed E-state index contributed by atoms with van der Waals surface area (Å²) in [5, 5.41) is 4.39. The van der Waals surface area contributed by atoms with Crippen LogP contribution in [0, 0.1) is 0 Å². The Balaban J connectivity index is 0.00000312. The number of hydrogen-bond acceptors (Lipinski definition) is 3. The molecule has 0 bridgehead atoms. The Bertz CT molecular complexity index is 713. The first-order valence-electron chi connectivity index (χ1n) is 7.44. The summed E-state index contributed by atoms with van der Waals surface area (Å²) in [6.45, 7) is 4.47. The van der Waals surface area contributed by atoms with E-state index >= 15 is 0 Å². The van der Waals surface area contributed by atoms with Crippen LogP contribution in [0.5, 0.6) is 0 Å². The van der Waals surface area contributed by atoms with E-state index in [-0.39, 0.29) is 36.5 Å². The van der Waals surface area contributed by atoms with Crippen molar-refractivity contribution in [2.75, 3.05) is 11.9 Å². The normalized spacial score (nSPS) is 12.2. The highest BCUT2D eigenvalue weighted by molar-refractivity contribution is 14.0. The van der Waals surface area contributed by atoms with Crippen LogP contribution in [0.2, 0.25) is 0 Å². The number of benzene rings is 1. The van der Waals surface area contributed by atoms with Gasteiger partial charge in [-0.3, -0.25) is 4.99 Å². The van der Waals surface area contributed by atoms with Crippen LogP contribution in [-0.2, 0) is 12.6 Å². The molecule has 0 aliphatic carbocycles. The maximum atomic E-state index is 12.5. The molecule has 3 N–H and O–H groups in total. The van der Waals surface area contributed by atoms with Gasteiger partial charge in [-0.1, -0.05) is 26.0 Å². The van der Waals surface area contributed by atoms with Crippen LogP contribution in [0.15, 0.2) is 34.6 Å². The van der Waals surface area contributed by atoms with E-state index in [4.69, 9.17) is 5.73 Å². The number of thiazole rings is 1. The van der Waals surface area contributed by atoms with Crippen LogP contribution >= 0.6 is 35.3 Å². The van der Waals surface area contributed by atoms with Crippen molar-refractivity contribution in [3.05, 3.63) is 45.9 Å². The van der Waals surface area contributed by atoms with Gasteiger partial charge < -0.3 is 11.1 Å². The van der Waals surface area contributed by atoms with Gasteiger partial charge in [-0.05, 0) is 23.6 Å². The third kappa shape index (κ3) is 6.81. The van der Waals surface area contributed by atoms with Gasteiger partial charge in [0.15, 0.2) is 11.7 Å². The van der Waals surface area contributed by atoms with Crippen molar-refractivity contribution in [2.24, 2.45) is 10.7 Å². The van der Waals surface area contributed by atoms with Gasteiger partial charge in [0.2, 0.25) is 0 Å². The Morgan fingerprint density at radius 1 is 1.36 bits per heavy atom. The predicted octanol–water partition coefficient (Wildman–Crippen LogP) is 4.87. The lowest BCUT2D eigenvalue weighted by Gasteiger charge is -2.09. The first-order valence-corrected chi connectivity index (χ1v) is 8.32. The van der Waals surface area contributed by atoms with Crippen LogP contribution in [0.4, 0.5) is 18.9 Å². The van der Waals surface area contributed by atoms with Gasteiger partial charge in [-0.25, -0.2) is 4.98 Å². The summed E-state index contributed by atoms with van der Waals surface area (Å²) < 4.78 is 37.4.